The van der Waals surface area contributed by atoms with Crippen molar-refractivity contribution in [2.75, 3.05) is 19.0 Å². The Kier molecular flexibility index (Phi) is 7.58. The number of benzene rings is 2. The van der Waals surface area contributed by atoms with Crippen LogP contribution < -0.4 is 20.6 Å². The van der Waals surface area contributed by atoms with Crippen molar-refractivity contribution in [2.45, 2.75) is 40.0 Å². The smallest absolute Gasteiger partial charge is 0.277 e. The molecule has 0 aromatic heterocycles. The molecule has 160 valence electrons. The molecule has 7 heteroatoms. The summed E-state index contributed by atoms with van der Waals surface area (Å²) in [7, 11) is 1.56. The summed E-state index contributed by atoms with van der Waals surface area (Å²) in [6, 6.07) is 12.9. The summed E-state index contributed by atoms with van der Waals surface area (Å²) >= 11 is 0. The fourth-order valence-electron chi connectivity index (χ4n) is 2.82. The Morgan fingerprint density at radius 1 is 1.17 bits per heavy atom. The molecule has 2 rings (SSSR count). The molecular weight excluding hydrogens is 380 g/mol. The molecule has 0 unspecified atom stereocenters. The van der Waals surface area contributed by atoms with Crippen LogP contribution in [0.4, 0.5) is 11.4 Å². The molecule has 1 amide bonds. The first-order valence-corrected chi connectivity index (χ1v) is 9.75. The van der Waals surface area contributed by atoms with Crippen molar-refractivity contribution in [3.8, 4) is 11.5 Å². The van der Waals surface area contributed by atoms with Gasteiger partial charge in [-0.2, -0.15) is 5.10 Å². The van der Waals surface area contributed by atoms with Gasteiger partial charge < -0.3 is 20.6 Å². The summed E-state index contributed by atoms with van der Waals surface area (Å²) in [5.41, 5.74) is 2.51. The third-order valence-electron chi connectivity index (χ3n) is 4.40. The van der Waals surface area contributed by atoms with Crippen molar-refractivity contribution < 1.29 is 14.3 Å². The number of methoxy groups -OCH3 is 1. The van der Waals surface area contributed by atoms with E-state index in [9.17, 15) is 4.79 Å². The quantitative estimate of drug-likeness (QED) is 0.400. The molecule has 0 aliphatic carbocycles. The van der Waals surface area contributed by atoms with Crippen molar-refractivity contribution in [3.05, 3.63) is 48.0 Å². The second kappa shape index (κ2) is 9.91. The summed E-state index contributed by atoms with van der Waals surface area (Å²) in [6.45, 7) is 10.4. The number of aliphatic imine (C=N–C) groups is 1. The molecule has 0 aliphatic heterocycles. The summed E-state index contributed by atoms with van der Waals surface area (Å²) in [4.78, 5) is 17.3. The van der Waals surface area contributed by atoms with Crippen LogP contribution in [0.15, 0.2) is 52.6 Å². The second-order valence-electron chi connectivity index (χ2n) is 7.73. The Hall–Kier alpha value is -3.35. The summed E-state index contributed by atoms with van der Waals surface area (Å²) < 4.78 is 11.0. The van der Waals surface area contributed by atoms with Crippen LogP contribution in [0, 0.1) is 0 Å². The number of rotatable bonds is 7. The van der Waals surface area contributed by atoms with Gasteiger partial charge in [-0.3, -0.25) is 4.79 Å². The number of nitrogens with two attached hydrogens (primary N) is 1. The molecule has 0 aliphatic rings. The number of hydrogen-bond acceptors (Lipinski definition) is 6. The largest absolute Gasteiger partial charge is 0.494 e. The fourth-order valence-corrected chi connectivity index (χ4v) is 2.82. The van der Waals surface area contributed by atoms with Crippen LogP contribution in [-0.4, -0.2) is 31.0 Å². The van der Waals surface area contributed by atoms with E-state index in [-0.39, 0.29) is 11.1 Å². The Bertz CT molecular complexity index is 959. The molecule has 0 radical (unpaired) electrons. The summed E-state index contributed by atoms with van der Waals surface area (Å²) in [6.07, 6.45) is 0. The van der Waals surface area contributed by atoms with Crippen molar-refractivity contribution in [2.24, 2.45) is 15.9 Å². The molecule has 0 saturated heterocycles. The average molecular weight is 411 g/mol. The minimum absolute atomic E-state index is 0.0278. The lowest BCUT2D eigenvalue weighted by molar-refractivity contribution is -0.110. The third kappa shape index (κ3) is 5.83. The zero-order valence-corrected chi connectivity index (χ0v) is 18.4. The lowest BCUT2D eigenvalue weighted by atomic mass is 9.86. The van der Waals surface area contributed by atoms with E-state index in [4.69, 9.17) is 15.3 Å². The molecule has 3 N–H and O–H groups in total. The highest BCUT2D eigenvalue weighted by Crippen LogP contribution is 2.30. The van der Waals surface area contributed by atoms with E-state index in [1.54, 1.807) is 32.2 Å². The molecular formula is C23H30N4O3. The van der Waals surface area contributed by atoms with E-state index in [2.05, 4.69) is 36.2 Å². The molecule has 7 nitrogen and oxygen atoms in total. The number of hydrogen-bond donors (Lipinski definition) is 2. The first-order valence-electron chi connectivity index (χ1n) is 9.75. The molecule has 2 aromatic rings. The van der Waals surface area contributed by atoms with Gasteiger partial charge in [-0.25, -0.2) is 4.99 Å². The van der Waals surface area contributed by atoms with E-state index in [0.717, 1.165) is 5.56 Å². The minimum Gasteiger partial charge on any atom is -0.494 e. The zero-order chi connectivity index (χ0) is 22.3. The number of hydrazone groups is 1. The second-order valence-corrected chi connectivity index (χ2v) is 7.73. The number of ether oxygens (including phenoxy) is 2. The van der Waals surface area contributed by atoms with Crippen LogP contribution in [0.3, 0.4) is 0 Å². The van der Waals surface area contributed by atoms with Gasteiger partial charge in [-0.05, 0) is 49.1 Å². The maximum Gasteiger partial charge on any atom is 0.277 e. The summed E-state index contributed by atoms with van der Waals surface area (Å²) in [5.74, 6) is 6.34. The number of anilines is 1. The van der Waals surface area contributed by atoms with Crippen LogP contribution in [0.25, 0.3) is 0 Å². The van der Waals surface area contributed by atoms with Gasteiger partial charge in [0.05, 0.1) is 19.4 Å². The van der Waals surface area contributed by atoms with E-state index in [1.807, 2.05) is 31.2 Å². The minimum atomic E-state index is -0.456. The van der Waals surface area contributed by atoms with Crippen molar-refractivity contribution in [1.29, 1.82) is 0 Å². The Morgan fingerprint density at radius 3 is 2.47 bits per heavy atom. The Balaban J connectivity index is 2.33. The predicted molar refractivity (Wildman–Crippen MR) is 122 cm³/mol. The van der Waals surface area contributed by atoms with Gasteiger partial charge in [0.15, 0.2) is 5.71 Å². The van der Waals surface area contributed by atoms with Gasteiger partial charge in [0.1, 0.15) is 17.2 Å². The fraction of sp³-hybridized carbons (Fsp3) is 0.348. The van der Waals surface area contributed by atoms with Gasteiger partial charge >= 0.3 is 0 Å². The number of carbonyl (C=O) groups is 1. The molecule has 0 atom stereocenters. The monoisotopic (exact) mass is 410 g/mol. The van der Waals surface area contributed by atoms with Gasteiger partial charge in [0.25, 0.3) is 5.91 Å². The lowest BCUT2D eigenvalue weighted by Gasteiger charge is -2.21. The Labute approximate surface area is 178 Å². The molecule has 30 heavy (non-hydrogen) atoms. The Morgan fingerprint density at radius 2 is 1.87 bits per heavy atom. The van der Waals surface area contributed by atoms with Crippen LogP contribution in [0.1, 0.15) is 40.2 Å². The standard InChI is InChI=1S/C23H30N4O3/c1-7-30-18-13-16(23(3,4)5)12-17(14-18)26-22(28)21(27-24)15(2)25-19-10-8-9-11-20(19)29-6/h8-14H,7,24H2,1-6H3,(H,26,28)/b25-15?,27-21+. The van der Waals surface area contributed by atoms with E-state index < -0.39 is 5.91 Å². The molecule has 0 saturated carbocycles. The first kappa shape index (κ1) is 22.9. The van der Waals surface area contributed by atoms with Gasteiger partial charge in [0.2, 0.25) is 0 Å². The summed E-state index contributed by atoms with van der Waals surface area (Å²) in [5, 5.41) is 6.53. The van der Waals surface area contributed by atoms with E-state index in [1.165, 1.54) is 0 Å². The molecule has 0 heterocycles. The van der Waals surface area contributed by atoms with E-state index in [0.29, 0.717) is 35.2 Å². The van der Waals surface area contributed by atoms with Crippen molar-refractivity contribution >= 4 is 28.7 Å². The third-order valence-corrected chi connectivity index (χ3v) is 4.40. The number of para-hydroxylation sites is 2. The average Bonchev–Trinajstić information content (AvgIpc) is 2.68. The predicted octanol–water partition coefficient (Wildman–Crippen LogP) is 4.44. The maximum absolute atomic E-state index is 12.9. The van der Waals surface area contributed by atoms with Crippen LogP contribution >= 0.6 is 0 Å². The maximum atomic E-state index is 12.9. The van der Waals surface area contributed by atoms with Crippen LogP contribution in [0.5, 0.6) is 11.5 Å². The first-order chi connectivity index (χ1) is 14.2. The zero-order valence-electron chi connectivity index (χ0n) is 18.4. The number of amides is 1. The van der Waals surface area contributed by atoms with Crippen LogP contribution in [0.2, 0.25) is 0 Å². The highest BCUT2D eigenvalue weighted by Gasteiger charge is 2.19. The molecule has 0 spiro atoms. The lowest BCUT2D eigenvalue weighted by Crippen LogP contribution is -2.30. The topological polar surface area (TPSA) is 98.3 Å². The number of carbonyl (C=O) groups excluding carboxylic acids is 1. The number of nitrogens with zero attached hydrogens (tertiary/aromatic N) is 2. The van der Waals surface area contributed by atoms with Crippen molar-refractivity contribution in [1.82, 2.24) is 0 Å². The van der Waals surface area contributed by atoms with Crippen LogP contribution in [-0.2, 0) is 10.2 Å². The van der Waals surface area contributed by atoms with Gasteiger partial charge in [-0.15, -0.1) is 0 Å². The van der Waals surface area contributed by atoms with Gasteiger partial charge in [0, 0.05) is 11.8 Å². The molecule has 2 aromatic carbocycles. The highest BCUT2D eigenvalue weighted by atomic mass is 16.5. The SMILES string of the molecule is CCOc1cc(NC(=O)/C(=N/N)C(C)=Nc2ccccc2OC)cc(C(C)(C)C)c1. The molecule has 0 fully saturated rings. The number of nitrogens with one attached hydrogen (secondary N) is 1. The van der Waals surface area contributed by atoms with Gasteiger partial charge in [-0.1, -0.05) is 32.9 Å². The van der Waals surface area contributed by atoms with E-state index >= 15 is 0 Å². The van der Waals surface area contributed by atoms with Crippen molar-refractivity contribution in [3.63, 3.8) is 0 Å². The molecule has 0 bridgehead atoms. The normalized spacial score (nSPS) is 12.5. The highest BCUT2D eigenvalue weighted by molar-refractivity contribution is 6.68.